The number of likely N-dealkylation sites (tertiary alicyclic amines) is 1. The first-order valence-corrected chi connectivity index (χ1v) is 9.53. The molecule has 4 heteroatoms. The van der Waals surface area contributed by atoms with E-state index in [1.165, 1.54) is 31.5 Å². The highest BCUT2D eigenvalue weighted by Gasteiger charge is 2.11. The molecule has 0 atom stereocenters. The first-order chi connectivity index (χ1) is 11.8. The average molecular weight is 340 g/mol. The van der Waals surface area contributed by atoms with Gasteiger partial charge in [-0.05, 0) is 49.2 Å². The van der Waals surface area contributed by atoms with Crippen molar-refractivity contribution in [3.8, 4) is 0 Å². The summed E-state index contributed by atoms with van der Waals surface area (Å²) in [5.41, 5.74) is 2.50. The topological polar surface area (TPSA) is 32.3 Å². The highest BCUT2D eigenvalue weighted by atomic mass is 32.2. The molecule has 2 aromatic carbocycles. The summed E-state index contributed by atoms with van der Waals surface area (Å²) in [5, 5.41) is 2.99. The van der Waals surface area contributed by atoms with E-state index in [1.807, 2.05) is 30.3 Å². The van der Waals surface area contributed by atoms with E-state index >= 15 is 0 Å². The fraction of sp³-hybridized carbons (Fsp3) is 0.350. The number of carbonyl (C=O) groups excluding carboxylic acids is 1. The molecule has 0 unspecified atom stereocenters. The fourth-order valence-corrected chi connectivity index (χ4v) is 3.63. The Kier molecular flexibility index (Phi) is 6.33. The molecular formula is C20H24N2OS. The third-order valence-electron chi connectivity index (χ3n) is 4.23. The van der Waals surface area contributed by atoms with Gasteiger partial charge in [-0.3, -0.25) is 9.69 Å². The zero-order chi connectivity index (χ0) is 16.6. The first kappa shape index (κ1) is 17.1. The highest BCUT2D eigenvalue weighted by Crippen LogP contribution is 2.16. The van der Waals surface area contributed by atoms with Crippen LogP contribution >= 0.6 is 11.8 Å². The Morgan fingerprint density at radius 1 is 0.958 bits per heavy atom. The molecule has 0 spiro atoms. The molecule has 3 nitrogen and oxygen atoms in total. The summed E-state index contributed by atoms with van der Waals surface area (Å²) in [6, 6.07) is 18.6. The van der Waals surface area contributed by atoms with Crippen LogP contribution in [0.2, 0.25) is 0 Å². The van der Waals surface area contributed by atoms with Crippen molar-refractivity contribution in [2.75, 3.05) is 18.8 Å². The molecule has 2 aromatic rings. The van der Waals surface area contributed by atoms with Crippen LogP contribution in [0.15, 0.2) is 59.5 Å². The van der Waals surface area contributed by atoms with Crippen molar-refractivity contribution in [3.63, 3.8) is 0 Å². The molecule has 1 N–H and O–H groups in total. The first-order valence-electron chi connectivity index (χ1n) is 8.54. The van der Waals surface area contributed by atoms with Crippen LogP contribution in [0.5, 0.6) is 0 Å². The predicted molar refractivity (Wildman–Crippen MR) is 100.0 cm³/mol. The number of amides is 1. The molecule has 0 bridgehead atoms. The number of benzene rings is 2. The van der Waals surface area contributed by atoms with E-state index in [9.17, 15) is 4.79 Å². The zero-order valence-corrected chi connectivity index (χ0v) is 14.7. The van der Waals surface area contributed by atoms with Crippen LogP contribution in [-0.2, 0) is 17.9 Å². The van der Waals surface area contributed by atoms with Crippen molar-refractivity contribution >= 4 is 17.7 Å². The maximum atomic E-state index is 11.9. The number of rotatable bonds is 7. The van der Waals surface area contributed by atoms with E-state index in [-0.39, 0.29) is 5.91 Å². The van der Waals surface area contributed by atoms with Crippen molar-refractivity contribution in [1.82, 2.24) is 10.2 Å². The van der Waals surface area contributed by atoms with Crippen LogP contribution < -0.4 is 5.32 Å². The number of nitrogens with one attached hydrogen (secondary N) is 1. The fourth-order valence-electron chi connectivity index (χ4n) is 2.88. The monoisotopic (exact) mass is 340 g/mol. The summed E-state index contributed by atoms with van der Waals surface area (Å²) in [4.78, 5) is 15.6. The lowest BCUT2D eigenvalue weighted by atomic mass is 10.1. The minimum Gasteiger partial charge on any atom is -0.351 e. The molecule has 0 radical (unpaired) electrons. The van der Waals surface area contributed by atoms with Gasteiger partial charge in [0.05, 0.1) is 5.75 Å². The van der Waals surface area contributed by atoms with Crippen LogP contribution in [0, 0.1) is 0 Å². The zero-order valence-electron chi connectivity index (χ0n) is 13.9. The lowest BCUT2D eigenvalue weighted by Crippen LogP contribution is -2.24. The maximum Gasteiger partial charge on any atom is 0.230 e. The second-order valence-corrected chi connectivity index (χ2v) is 7.23. The molecular weight excluding hydrogens is 316 g/mol. The van der Waals surface area contributed by atoms with E-state index in [4.69, 9.17) is 0 Å². The van der Waals surface area contributed by atoms with Crippen molar-refractivity contribution in [3.05, 3.63) is 65.7 Å². The quantitative estimate of drug-likeness (QED) is 0.780. The molecule has 0 aliphatic carbocycles. The molecule has 1 aliphatic heterocycles. The molecule has 126 valence electrons. The average Bonchev–Trinajstić information content (AvgIpc) is 3.13. The van der Waals surface area contributed by atoms with Gasteiger partial charge in [-0.2, -0.15) is 0 Å². The number of thioether (sulfide) groups is 1. The largest absolute Gasteiger partial charge is 0.351 e. The summed E-state index contributed by atoms with van der Waals surface area (Å²) in [5.74, 6) is 0.529. The summed E-state index contributed by atoms with van der Waals surface area (Å²) in [7, 11) is 0. The summed E-state index contributed by atoms with van der Waals surface area (Å²) in [6.45, 7) is 4.08. The van der Waals surface area contributed by atoms with Gasteiger partial charge in [-0.1, -0.05) is 42.5 Å². The molecule has 1 aliphatic rings. The van der Waals surface area contributed by atoms with Gasteiger partial charge in [-0.15, -0.1) is 11.8 Å². The Hall–Kier alpha value is -1.78. The Bertz CT molecular complexity index is 636. The van der Waals surface area contributed by atoms with Crippen molar-refractivity contribution in [2.24, 2.45) is 0 Å². The Morgan fingerprint density at radius 3 is 2.33 bits per heavy atom. The second-order valence-electron chi connectivity index (χ2n) is 6.18. The van der Waals surface area contributed by atoms with Crippen molar-refractivity contribution < 1.29 is 4.79 Å². The van der Waals surface area contributed by atoms with Gasteiger partial charge in [-0.25, -0.2) is 0 Å². The van der Waals surface area contributed by atoms with E-state index in [2.05, 4.69) is 34.5 Å². The van der Waals surface area contributed by atoms with E-state index < -0.39 is 0 Å². The minimum absolute atomic E-state index is 0.0741. The van der Waals surface area contributed by atoms with Crippen molar-refractivity contribution in [1.29, 1.82) is 0 Å². The van der Waals surface area contributed by atoms with Crippen molar-refractivity contribution in [2.45, 2.75) is 30.8 Å². The molecule has 0 saturated carbocycles. The number of nitrogens with zero attached hydrogens (tertiary/aromatic N) is 1. The smallest absolute Gasteiger partial charge is 0.230 e. The van der Waals surface area contributed by atoms with Crippen LogP contribution in [0.25, 0.3) is 0 Å². The maximum absolute atomic E-state index is 11.9. The van der Waals surface area contributed by atoms with E-state index in [1.54, 1.807) is 11.8 Å². The Morgan fingerprint density at radius 2 is 1.62 bits per heavy atom. The molecule has 1 amide bonds. The van der Waals surface area contributed by atoms with Crippen LogP contribution in [-0.4, -0.2) is 29.6 Å². The van der Waals surface area contributed by atoms with Crippen LogP contribution in [0.4, 0.5) is 0 Å². The van der Waals surface area contributed by atoms with Crippen LogP contribution in [0.1, 0.15) is 24.0 Å². The molecule has 24 heavy (non-hydrogen) atoms. The lowest BCUT2D eigenvalue weighted by Gasteiger charge is -2.14. The SMILES string of the molecule is O=C(CSc1ccccc1)NCc1ccc(CN2CCCC2)cc1. The van der Waals surface area contributed by atoms with Crippen LogP contribution in [0.3, 0.4) is 0 Å². The Labute approximate surface area is 148 Å². The molecule has 3 rings (SSSR count). The Balaban J connectivity index is 1.40. The molecule has 1 heterocycles. The second kappa shape index (κ2) is 8.90. The summed E-state index contributed by atoms with van der Waals surface area (Å²) < 4.78 is 0. The van der Waals surface area contributed by atoms with Gasteiger partial charge in [0.15, 0.2) is 0 Å². The standard InChI is InChI=1S/C20H24N2OS/c23-20(16-24-19-6-2-1-3-7-19)21-14-17-8-10-18(11-9-17)15-22-12-4-5-13-22/h1-3,6-11H,4-5,12-16H2,(H,21,23). The number of hydrogen-bond acceptors (Lipinski definition) is 3. The van der Waals surface area contributed by atoms with Gasteiger partial charge in [0.25, 0.3) is 0 Å². The highest BCUT2D eigenvalue weighted by molar-refractivity contribution is 8.00. The third kappa shape index (κ3) is 5.39. The molecule has 1 fully saturated rings. The lowest BCUT2D eigenvalue weighted by molar-refractivity contribution is -0.118. The minimum atomic E-state index is 0.0741. The van der Waals surface area contributed by atoms with Gasteiger partial charge < -0.3 is 5.32 Å². The van der Waals surface area contributed by atoms with E-state index in [0.29, 0.717) is 12.3 Å². The number of carbonyl (C=O) groups is 1. The van der Waals surface area contributed by atoms with Gasteiger partial charge >= 0.3 is 0 Å². The van der Waals surface area contributed by atoms with Gasteiger partial charge in [0, 0.05) is 18.0 Å². The number of hydrogen-bond donors (Lipinski definition) is 1. The summed E-state index contributed by atoms with van der Waals surface area (Å²) >= 11 is 1.57. The molecule has 0 aromatic heterocycles. The predicted octanol–water partition coefficient (Wildman–Crippen LogP) is 3.69. The summed E-state index contributed by atoms with van der Waals surface area (Å²) in [6.07, 6.45) is 2.65. The van der Waals surface area contributed by atoms with Gasteiger partial charge in [0.1, 0.15) is 0 Å². The van der Waals surface area contributed by atoms with Gasteiger partial charge in [0.2, 0.25) is 5.91 Å². The normalized spacial score (nSPS) is 14.7. The van der Waals surface area contributed by atoms with E-state index in [0.717, 1.165) is 17.0 Å². The third-order valence-corrected chi connectivity index (χ3v) is 5.24. The molecule has 1 saturated heterocycles.